The molecule has 1 aromatic carbocycles. The fraction of sp³-hybridized carbons (Fsp3) is 0.357. The van der Waals surface area contributed by atoms with Crippen molar-refractivity contribution in [3.63, 3.8) is 0 Å². The third-order valence-electron chi connectivity index (χ3n) is 3.14. The zero-order valence-electron chi connectivity index (χ0n) is 10.2. The Morgan fingerprint density at radius 1 is 1.41 bits per heavy atom. The number of carboxylic acid groups (broad SMARTS) is 1. The standard InChI is InChI=1S/C14H17NO2/c1-3-15-9-11(7-8-13(16)17)14-10(2)5-4-6-12(14)15/h4-6,9H,3,7-8H2,1-2H3,(H,16,17). The van der Waals surface area contributed by atoms with E-state index in [0.717, 1.165) is 12.1 Å². The summed E-state index contributed by atoms with van der Waals surface area (Å²) < 4.78 is 2.18. The molecule has 0 aliphatic heterocycles. The zero-order valence-corrected chi connectivity index (χ0v) is 10.2. The van der Waals surface area contributed by atoms with Crippen LogP contribution in [0.4, 0.5) is 0 Å². The van der Waals surface area contributed by atoms with Crippen LogP contribution >= 0.6 is 0 Å². The fourth-order valence-corrected chi connectivity index (χ4v) is 2.32. The van der Waals surface area contributed by atoms with Crippen molar-refractivity contribution in [1.29, 1.82) is 0 Å². The number of carbonyl (C=O) groups is 1. The van der Waals surface area contributed by atoms with E-state index >= 15 is 0 Å². The van der Waals surface area contributed by atoms with Gasteiger partial charge in [0.1, 0.15) is 0 Å². The summed E-state index contributed by atoms with van der Waals surface area (Å²) >= 11 is 0. The summed E-state index contributed by atoms with van der Waals surface area (Å²) in [6, 6.07) is 6.22. The molecular weight excluding hydrogens is 214 g/mol. The molecule has 1 N–H and O–H groups in total. The molecular formula is C14H17NO2. The molecule has 0 atom stereocenters. The molecule has 0 unspecified atom stereocenters. The number of rotatable bonds is 4. The molecule has 0 radical (unpaired) electrons. The Bertz CT molecular complexity index is 555. The van der Waals surface area contributed by atoms with Gasteiger partial charge in [-0.25, -0.2) is 0 Å². The minimum Gasteiger partial charge on any atom is -0.481 e. The first-order valence-corrected chi connectivity index (χ1v) is 5.92. The van der Waals surface area contributed by atoms with E-state index in [4.69, 9.17) is 5.11 Å². The van der Waals surface area contributed by atoms with Crippen molar-refractivity contribution in [2.45, 2.75) is 33.2 Å². The van der Waals surface area contributed by atoms with Crippen LogP contribution in [-0.4, -0.2) is 15.6 Å². The van der Waals surface area contributed by atoms with E-state index < -0.39 is 5.97 Å². The lowest BCUT2D eigenvalue weighted by Crippen LogP contribution is -1.97. The molecule has 3 nitrogen and oxygen atoms in total. The van der Waals surface area contributed by atoms with Gasteiger partial charge < -0.3 is 9.67 Å². The van der Waals surface area contributed by atoms with Gasteiger partial charge in [-0.05, 0) is 37.5 Å². The molecule has 0 amide bonds. The summed E-state index contributed by atoms with van der Waals surface area (Å²) in [4.78, 5) is 10.7. The van der Waals surface area contributed by atoms with Crippen LogP contribution in [0.3, 0.4) is 0 Å². The van der Waals surface area contributed by atoms with E-state index in [1.165, 1.54) is 16.5 Å². The van der Waals surface area contributed by atoms with Crippen LogP contribution in [0.2, 0.25) is 0 Å². The van der Waals surface area contributed by atoms with Gasteiger partial charge in [-0.15, -0.1) is 0 Å². The number of aliphatic carboxylic acids is 1. The quantitative estimate of drug-likeness (QED) is 0.879. The average molecular weight is 231 g/mol. The van der Waals surface area contributed by atoms with Crippen LogP contribution in [0.1, 0.15) is 24.5 Å². The molecule has 2 rings (SSSR count). The maximum atomic E-state index is 10.7. The van der Waals surface area contributed by atoms with Gasteiger partial charge >= 0.3 is 5.97 Å². The van der Waals surface area contributed by atoms with Crippen LogP contribution in [-0.2, 0) is 17.8 Å². The third kappa shape index (κ3) is 2.18. The van der Waals surface area contributed by atoms with Gasteiger partial charge in [-0.3, -0.25) is 4.79 Å². The highest BCUT2D eigenvalue weighted by molar-refractivity contribution is 5.87. The van der Waals surface area contributed by atoms with E-state index in [1.54, 1.807) is 0 Å². The van der Waals surface area contributed by atoms with Crippen LogP contribution < -0.4 is 0 Å². The number of benzene rings is 1. The number of hydrogen-bond donors (Lipinski definition) is 1. The maximum Gasteiger partial charge on any atom is 0.303 e. The summed E-state index contributed by atoms with van der Waals surface area (Å²) in [7, 11) is 0. The molecule has 2 aromatic rings. The minimum absolute atomic E-state index is 0.192. The molecule has 0 bridgehead atoms. The SMILES string of the molecule is CCn1cc(CCC(=O)O)c2c(C)cccc21. The van der Waals surface area contributed by atoms with Crippen LogP contribution in [0.25, 0.3) is 10.9 Å². The molecule has 0 spiro atoms. The van der Waals surface area contributed by atoms with Crippen molar-refractivity contribution in [3.8, 4) is 0 Å². The Morgan fingerprint density at radius 3 is 2.82 bits per heavy atom. The number of nitrogens with zero attached hydrogens (tertiary/aromatic N) is 1. The van der Waals surface area contributed by atoms with Gasteiger partial charge in [-0.1, -0.05) is 12.1 Å². The molecule has 3 heteroatoms. The van der Waals surface area contributed by atoms with E-state index in [9.17, 15) is 4.79 Å². The van der Waals surface area contributed by atoms with Gasteiger partial charge in [0.25, 0.3) is 0 Å². The van der Waals surface area contributed by atoms with Gasteiger partial charge in [0.15, 0.2) is 0 Å². The summed E-state index contributed by atoms with van der Waals surface area (Å²) in [5.41, 5.74) is 3.56. The van der Waals surface area contributed by atoms with Crippen molar-refractivity contribution in [1.82, 2.24) is 4.57 Å². The predicted molar refractivity (Wildman–Crippen MR) is 68.3 cm³/mol. The fourth-order valence-electron chi connectivity index (χ4n) is 2.32. The normalized spacial score (nSPS) is 10.9. The Balaban J connectivity index is 2.51. The summed E-state index contributed by atoms with van der Waals surface area (Å²) in [5, 5.41) is 9.99. The Hall–Kier alpha value is -1.77. The molecule has 0 fully saturated rings. The lowest BCUT2D eigenvalue weighted by Gasteiger charge is -2.01. The first kappa shape index (κ1) is 11.7. The topological polar surface area (TPSA) is 42.2 Å². The molecule has 1 heterocycles. The van der Waals surface area contributed by atoms with Crippen molar-refractivity contribution < 1.29 is 9.90 Å². The van der Waals surface area contributed by atoms with E-state index in [-0.39, 0.29) is 6.42 Å². The van der Waals surface area contributed by atoms with Crippen LogP contribution in [0.5, 0.6) is 0 Å². The monoisotopic (exact) mass is 231 g/mol. The van der Waals surface area contributed by atoms with Gasteiger partial charge in [-0.2, -0.15) is 0 Å². The predicted octanol–water partition coefficient (Wildman–Crippen LogP) is 2.99. The average Bonchev–Trinajstić information content (AvgIpc) is 2.66. The largest absolute Gasteiger partial charge is 0.481 e. The minimum atomic E-state index is -0.740. The second kappa shape index (κ2) is 4.62. The van der Waals surface area contributed by atoms with Crippen molar-refractivity contribution in [3.05, 3.63) is 35.5 Å². The Morgan fingerprint density at radius 2 is 2.18 bits per heavy atom. The number of carboxylic acids is 1. The number of hydrogen-bond acceptors (Lipinski definition) is 1. The molecule has 90 valence electrons. The van der Waals surface area contributed by atoms with Crippen molar-refractivity contribution >= 4 is 16.9 Å². The first-order valence-electron chi connectivity index (χ1n) is 5.92. The Kier molecular flexibility index (Phi) is 3.18. The zero-order chi connectivity index (χ0) is 12.4. The molecule has 0 aliphatic rings. The molecule has 0 aliphatic carbocycles. The van der Waals surface area contributed by atoms with Crippen LogP contribution in [0, 0.1) is 6.92 Å². The summed E-state index contributed by atoms with van der Waals surface area (Å²) in [6.07, 6.45) is 2.88. The van der Waals surface area contributed by atoms with Crippen molar-refractivity contribution in [2.24, 2.45) is 0 Å². The first-order chi connectivity index (χ1) is 8.13. The third-order valence-corrected chi connectivity index (χ3v) is 3.14. The summed E-state index contributed by atoms with van der Waals surface area (Å²) in [5.74, 6) is -0.740. The Labute approximate surface area is 101 Å². The smallest absolute Gasteiger partial charge is 0.303 e. The van der Waals surface area contributed by atoms with E-state index in [0.29, 0.717) is 6.42 Å². The highest BCUT2D eigenvalue weighted by atomic mass is 16.4. The van der Waals surface area contributed by atoms with Gasteiger partial charge in [0, 0.05) is 30.1 Å². The number of fused-ring (bicyclic) bond motifs is 1. The molecule has 1 aromatic heterocycles. The maximum absolute atomic E-state index is 10.7. The highest BCUT2D eigenvalue weighted by Crippen LogP contribution is 2.25. The number of aromatic nitrogens is 1. The van der Waals surface area contributed by atoms with Crippen molar-refractivity contribution in [2.75, 3.05) is 0 Å². The molecule has 17 heavy (non-hydrogen) atoms. The number of aryl methyl sites for hydroxylation is 3. The molecule has 0 saturated heterocycles. The van der Waals surface area contributed by atoms with Gasteiger partial charge in [0.05, 0.1) is 0 Å². The highest BCUT2D eigenvalue weighted by Gasteiger charge is 2.10. The lowest BCUT2D eigenvalue weighted by atomic mass is 10.0. The van der Waals surface area contributed by atoms with E-state index in [1.807, 2.05) is 6.07 Å². The second-order valence-electron chi connectivity index (χ2n) is 4.30. The van der Waals surface area contributed by atoms with Crippen LogP contribution in [0.15, 0.2) is 24.4 Å². The van der Waals surface area contributed by atoms with Gasteiger partial charge in [0.2, 0.25) is 0 Å². The molecule has 0 saturated carbocycles. The van der Waals surface area contributed by atoms with E-state index in [2.05, 4.69) is 36.7 Å². The lowest BCUT2D eigenvalue weighted by molar-refractivity contribution is -0.136. The second-order valence-corrected chi connectivity index (χ2v) is 4.30. The summed E-state index contributed by atoms with van der Waals surface area (Å²) in [6.45, 7) is 5.09.